The van der Waals surface area contributed by atoms with Crippen LogP contribution < -0.4 is 0 Å². The average Bonchev–Trinajstić information content (AvgIpc) is 2.72. The Hall–Kier alpha value is -1.62. The summed E-state index contributed by atoms with van der Waals surface area (Å²) in [6, 6.07) is 2.69. The molecule has 0 aliphatic rings. The predicted octanol–water partition coefficient (Wildman–Crippen LogP) is 3.27. The summed E-state index contributed by atoms with van der Waals surface area (Å²) in [7, 11) is 0. The van der Waals surface area contributed by atoms with Crippen molar-refractivity contribution in [3.8, 4) is 0 Å². The number of aryl methyl sites for hydroxylation is 2. The number of ketones is 1. The van der Waals surface area contributed by atoms with Crippen LogP contribution in [0, 0.1) is 25.5 Å². The molecule has 0 saturated carbocycles. The first-order valence-electron chi connectivity index (χ1n) is 4.91. The molecule has 5 heteroatoms. The van der Waals surface area contributed by atoms with Crippen LogP contribution in [0.15, 0.2) is 17.6 Å². The molecule has 17 heavy (non-hydrogen) atoms. The Morgan fingerprint density at radius 3 is 2.53 bits per heavy atom. The van der Waals surface area contributed by atoms with Gasteiger partial charge in [-0.3, -0.25) is 4.79 Å². The van der Waals surface area contributed by atoms with E-state index in [0.717, 1.165) is 11.3 Å². The minimum Gasteiger partial charge on any atom is -0.288 e. The zero-order valence-electron chi connectivity index (χ0n) is 9.25. The molecular weight excluding hydrogens is 244 g/mol. The molecule has 0 fully saturated rings. The van der Waals surface area contributed by atoms with Gasteiger partial charge >= 0.3 is 0 Å². The van der Waals surface area contributed by atoms with Gasteiger partial charge in [0.2, 0.25) is 5.78 Å². The van der Waals surface area contributed by atoms with E-state index < -0.39 is 17.4 Å². The zero-order chi connectivity index (χ0) is 12.6. The summed E-state index contributed by atoms with van der Waals surface area (Å²) in [5, 5.41) is 0. The van der Waals surface area contributed by atoms with Crippen LogP contribution in [0.5, 0.6) is 0 Å². The fourth-order valence-corrected chi connectivity index (χ4v) is 2.22. The van der Waals surface area contributed by atoms with Crippen LogP contribution in [0.4, 0.5) is 8.78 Å². The third kappa shape index (κ3) is 1.98. The van der Waals surface area contributed by atoms with Gasteiger partial charge in [-0.05, 0) is 25.5 Å². The van der Waals surface area contributed by atoms with E-state index in [-0.39, 0.29) is 11.1 Å². The second-order valence-corrected chi connectivity index (χ2v) is 4.51. The lowest BCUT2D eigenvalue weighted by molar-refractivity contribution is 0.103. The van der Waals surface area contributed by atoms with Crippen molar-refractivity contribution in [2.45, 2.75) is 13.8 Å². The van der Waals surface area contributed by atoms with Crippen molar-refractivity contribution in [3.63, 3.8) is 0 Å². The smallest absolute Gasteiger partial charge is 0.207 e. The van der Waals surface area contributed by atoms with Gasteiger partial charge in [-0.25, -0.2) is 13.8 Å². The van der Waals surface area contributed by atoms with E-state index in [1.54, 1.807) is 6.92 Å². The van der Waals surface area contributed by atoms with Gasteiger partial charge in [0.15, 0.2) is 11.6 Å². The summed E-state index contributed by atoms with van der Waals surface area (Å²) in [6.07, 6.45) is 0. The van der Waals surface area contributed by atoms with Gasteiger partial charge in [0.1, 0.15) is 0 Å². The molecule has 0 amide bonds. The monoisotopic (exact) mass is 253 g/mol. The first-order valence-corrected chi connectivity index (χ1v) is 5.79. The van der Waals surface area contributed by atoms with Gasteiger partial charge in [0, 0.05) is 0 Å². The van der Waals surface area contributed by atoms with Crippen LogP contribution in [-0.2, 0) is 0 Å². The molecule has 2 nitrogen and oxygen atoms in total. The quantitative estimate of drug-likeness (QED) is 0.769. The van der Waals surface area contributed by atoms with E-state index in [2.05, 4.69) is 4.98 Å². The van der Waals surface area contributed by atoms with Crippen LogP contribution in [0.1, 0.15) is 26.5 Å². The van der Waals surface area contributed by atoms with Crippen LogP contribution in [0.3, 0.4) is 0 Å². The fourth-order valence-electron chi connectivity index (χ4n) is 1.46. The van der Waals surface area contributed by atoms with E-state index in [9.17, 15) is 13.6 Å². The second-order valence-electron chi connectivity index (χ2n) is 3.65. The number of hydrogen-bond acceptors (Lipinski definition) is 3. The van der Waals surface area contributed by atoms with Crippen molar-refractivity contribution in [2.24, 2.45) is 0 Å². The van der Waals surface area contributed by atoms with Gasteiger partial charge in [0.05, 0.1) is 21.6 Å². The SMILES string of the molecule is Cc1ccc(C(=O)c2scnc2C)c(F)c1F. The second kappa shape index (κ2) is 4.33. The number of thiazole rings is 1. The highest BCUT2D eigenvalue weighted by Crippen LogP contribution is 2.22. The largest absolute Gasteiger partial charge is 0.288 e. The van der Waals surface area contributed by atoms with Crippen LogP contribution in [-0.4, -0.2) is 10.8 Å². The molecule has 2 aromatic rings. The highest BCUT2D eigenvalue weighted by molar-refractivity contribution is 7.12. The molecule has 1 aromatic carbocycles. The molecule has 0 unspecified atom stereocenters. The summed E-state index contributed by atoms with van der Waals surface area (Å²) in [4.78, 5) is 16.2. The molecule has 0 radical (unpaired) electrons. The number of carbonyl (C=O) groups is 1. The lowest BCUT2D eigenvalue weighted by Crippen LogP contribution is -2.06. The van der Waals surface area contributed by atoms with E-state index in [1.807, 2.05) is 0 Å². The van der Waals surface area contributed by atoms with E-state index in [0.29, 0.717) is 10.6 Å². The van der Waals surface area contributed by atoms with E-state index >= 15 is 0 Å². The van der Waals surface area contributed by atoms with Crippen LogP contribution in [0.25, 0.3) is 0 Å². The molecule has 0 saturated heterocycles. The molecule has 0 spiro atoms. The number of halogens is 2. The van der Waals surface area contributed by atoms with Crippen LogP contribution >= 0.6 is 11.3 Å². The van der Waals surface area contributed by atoms with Crippen LogP contribution in [0.2, 0.25) is 0 Å². The van der Waals surface area contributed by atoms with Crippen molar-refractivity contribution in [1.82, 2.24) is 4.98 Å². The zero-order valence-corrected chi connectivity index (χ0v) is 10.1. The van der Waals surface area contributed by atoms with Crippen molar-refractivity contribution < 1.29 is 13.6 Å². The fraction of sp³-hybridized carbons (Fsp3) is 0.167. The highest BCUT2D eigenvalue weighted by atomic mass is 32.1. The molecule has 0 aliphatic carbocycles. The highest BCUT2D eigenvalue weighted by Gasteiger charge is 2.21. The predicted molar refractivity (Wildman–Crippen MR) is 61.4 cm³/mol. The summed E-state index contributed by atoms with van der Waals surface area (Å²) < 4.78 is 27.0. The van der Waals surface area contributed by atoms with Crippen molar-refractivity contribution in [2.75, 3.05) is 0 Å². The number of rotatable bonds is 2. The molecule has 0 N–H and O–H groups in total. The molecule has 2 rings (SSSR count). The third-order valence-corrected chi connectivity index (χ3v) is 3.40. The lowest BCUT2D eigenvalue weighted by Gasteiger charge is -2.04. The number of carbonyl (C=O) groups excluding carboxylic acids is 1. The van der Waals surface area contributed by atoms with Crippen molar-refractivity contribution in [3.05, 3.63) is 51.0 Å². The van der Waals surface area contributed by atoms with Crippen molar-refractivity contribution >= 4 is 17.1 Å². The van der Waals surface area contributed by atoms with Gasteiger partial charge in [-0.2, -0.15) is 0 Å². The Labute approximate surface area is 101 Å². The maximum atomic E-state index is 13.6. The minimum atomic E-state index is -1.09. The summed E-state index contributed by atoms with van der Waals surface area (Å²) >= 11 is 1.12. The Morgan fingerprint density at radius 1 is 1.24 bits per heavy atom. The molecule has 0 bridgehead atoms. The molecule has 88 valence electrons. The Kier molecular flexibility index (Phi) is 3.02. The van der Waals surface area contributed by atoms with Gasteiger partial charge in [0.25, 0.3) is 0 Å². The van der Waals surface area contributed by atoms with E-state index in [1.165, 1.54) is 24.6 Å². The minimum absolute atomic E-state index is 0.181. The van der Waals surface area contributed by atoms with Crippen molar-refractivity contribution in [1.29, 1.82) is 0 Å². The summed E-state index contributed by atoms with van der Waals surface area (Å²) in [5.41, 5.74) is 1.96. The third-order valence-electron chi connectivity index (χ3n) is 2.47. The number of nitrogens with zero attached hydrogens (tertiary/aromatic N) is 1. The molecule has 0 atom stereocenters. The number of benzene rings is 1. The topological polar surface area (TPSA) is 30.0 Å². The van der Waals surface area contributed by atoms with Gasteiger partial charge < -0.3 is 0 Å². The molecule has 1 aromatic heterocycles. The maximum Gasteiger partial charge on any atom is 0.207 e. The van der Waals surface area contributed by atoms with Gasteiger partial charge in [-0.15, -0.1) is 11.3 Å². The normalized spacial score (nSPS) is 10.6. The molecular formula is C12H9F2NOS. The Bertz CT molecular complexity index is 592. The Morgan fingerprint density at radius 2 is 1.94 bits per heavy atom. The Balaban J connectivity index is 2.53. The molecule has 1 heterocycles. The number of aromatic nitrogens is 1. The van der Waals surface area contributed by atoms with E-state index in [4.69, 9.17) is 0 Å². The first-order chi connectivity index (χ1) is 8.02. The average molecular weight is 253 g/mol. The standard InChI is InChI=1S/C12H9F2NOS/c1-6-3-4-8(10(14)9(6)13)11(16)12-7(2)15-5-17-12/h3-5H,1-2H3. The summed E-state index contributed by atoms with van der Waals surface area (Å²) in [6.45, 7) is 3.11. The molecule has 0 aliphatic heterocycles. The first kappa shape index (κ1) is 11.9. The summed E-state index contributed by atoms with van der Waals surface area (Å²) in [5.74, 6) is -2.60. The lowest BCUT2D eigenvalue weighted by atomic mass is 10.1. The van der Waals surface area contributed by atoms with Gasteiger partial charge in [-0.1, -0.05) is 6.07 Å². The maximum absolute atomic E-state index is 13.6. The number of hydrogen-bond donors (Lipinski definition) is 0.